The lowest BCUT2D eigenvalue weighted by molar-refractivity contribution is -0.138. The van der Waals surface area contributed by atoms with Crippen LogP contribution in [0.2, 0.25) is 0 Å². The minimum Gasteiger partial charge on any atom is -0.506 e. The lowest BCUT2D eigenvalue weighted by Gasteiger charge is -2.21. The molecule has 9 nitrogen and oxygen atoms in total. The van der Waals surface area contributed by atoms with Gasteiger partial charge in [-0.25, -0.2) is 22.2 Å². The maximum absolute atomic E-state index is 13.6. The van der Waals surface area contributed by atoms with E-state index >= 15 is 0 Å². The topological polar surface area (TPSA) is 133 Å². The fourth-order valence-corrected chi connectivity index (χ4v) is 7.16. The molecule has 1 aliphatic heterocycles. The van der Waals surface area contributed by atoms with Gasteiger partial charge in [-0.15, -0.1) is 0 Å². The number of halogens is 3. The van der Waals surface area contributed by atoms with Crippen LogP contribution in [0.25, 0.3) is 0 Å². The molecule has 1 fully saturated rings. The number of carbonyl (C=O) groups excluding carboxylic acids is 1. The normalized spacial score (nSPS) is 16.1. The van der Waals surface area contributed by atoms with E-state index in [4.69, 9.17) is 0 Å². The number of sulfonamides is 1. The zero-order valence-electron chi connectivity index (χ0n) is 20.9. The van der Waals surface area contributed by atoms with Crippen molar-refractivity contribution in [3.05, 3.63) is 95.1 Å². The van der Waals surface area contributed by atoms with Gasteiger partial charge in [-0.2, -0.15) is 21.6 Å². The summed E-state index contributed by atoms with van der Waals surface area (Å²) < 4.78 is 96.4. The van der Waals surface area contributed by atoms with Crippen molar-refractivity contribution in [2.24, 2.45) is 0 Å². The van der Waals surface area contributed by atoms with Crippen molar-refractivity contribution in [3.8, 4) is 5.75 Å². The molecule has 14 heteroatoms. The number of phenols is 1. The number of carbonyl (C=O) groups is 1. The Morgan fingerprint density at radius 2 is 1.70 bits per heavy atom. The maximum atomic E-state index is 13.6. The van der Waals surface area contributed by atoms with Gasteiger partial charge >= 0.3 is 16.4 Å². The number of aromatic hydroxyl groups is 1. The lowest BCUT2D eigenvalue weighted by atomic mass is 9.99. The molecule has 214 valence electrons. The monoisotopic (exact) mass is 597 g/mol. The van der Waals surface area contributed by atoms with Gasteiger partial charge in [-0.3, -0.25) is 4.79 Å². The summed E-state index contributed by atoms with van der Waals surface area (Å²) in [6.45, 7) is -0.499. The number of nitrogens with one attached hydrogen (secondary N) is 2. The van der Waals surface area contributed by atoms with Crippen LogP contribution in [0.4, 0.5) is 18.9 Å². The highest BCUT2D eigenvalue weighted by molar-refractivity contribution is 7.92. The summed E-state index contributed by atoms with van der Waals surface area (Å²) in [6, 6.07) is 17.1. The van der Waals surface area contributed by atoms with Crippen molar-refractivity contribution in [2.75, 3.05) is 17.4 Å². The number of rotatable bonds is 10. The van der Waals surface area contributed by atoms with Crippen LogP contribution in [0.15, 0.2) is 72.8 Å². The molecule has 4 rings (SSSR count). The molecule has 0 aliphatic carbocycles. The number of amides is 1. The Bertz CT molecular complexity index is 1600. The van der Waals surface area contributed by atoms with E-state index < -0.39 is 49.7 Å². The molecule has 3 N–H and O–H groups in total. The Labute approximate surface area is 229 Å². The molecule has 0 spiro atoms. The summed E-state index contributed by atoms with van der Waals surface area (Å²) in [4.78, 5) is 11.5. The largest absolute Gasteiger partial charge is 0.506 e. The summed E-state index contributed by atoms with van der Waals surface area (Å²) in [7, 11) is -8.21. The number of hydrogen-bond acceptors (Lipinski definition) is 6. The first-order valence-electron chi connectivity index (χ1n) is 12.1. The van der Waals surface area contributed by atoms with Gasteiger partial charge in [0.1, 0.15) is 17.5 Å². The Balaban J connectivity index is 1.45. The summed E-state index contributed by atoms with van der Waals surface area (Å²) >= 11 is 0. The molecule has 1 amide bonds. The summed E-state index contributed by atoms with van der Waals surface area (Å²) in [5.74, 6) is -1.10. The minimum absolute atomic E-state index is 0.0337. The highest BCUT2D eigenvalue weighted by Gasteiger charge is 2.36. The minimum atomic E-state index is -4.64. The van der Waals surface area contributed by atoms with Crippen LogP contribution >= 0.6 is 0 Å². The highest BCUT2D eigenvalue weighted by Crippen LogP contribution is 2.36. The van der Waals surface area contributed by atoms with Crippen LogP contribution in [0.1, 0.15) is 33.9 Å². The SMILES string of the molecule is O=C1CN(c2ccc(CCCNS(=O)(=O)C(Cc3ccccc3C(F)(F)F)c3ccccc3)cc2O)S(=O)(=O)N1. The number of aryl methyl sites for hydroxylation is 1. The zero-order valence-corrected chi connectivity index (χ0v) is 22.6. The van der Waals surface area contributed by atoms with E-state index in [9.17, 15) is 39.9 Å². The third kappa shape index (κ3) is 6.74. The van der Waals surface area contributed by atoms with Gasteiger partial charge in [0.05, 0.1) is 11.3 Å². The van der Waals surface area contributed by atoms with E-state index in [1.54, 1.807) is 36.4 Å². The van der Waals surface area contributed by atoms with Crippen molar-refractivity contribution >= 4 is 31.8 Å². The van der Waals surface area contributed by atoms with Crippen molar-refractivity contribution < 1.29 is 39.9 Å². The van der Waals surface area contributed by atoms with Gasteiger partial charge in [-0.1, -0.05) is 54.6 Å². The third-order valence-electron chi connectivity index (χ3n) is 6.35. The smallest absolute Gasteiger partial charge is 0.416 e. The molecule has 1 aliphatic rings. The van der Waals surface area contributed by atoms with Gasteiger partial charge in [-0.05, 0) is 54.2 Å². The first-order valence-corrected chi connectivity index (χ1v) is 15.1. The van der Waals surface area contributed by atoms with Crippen LogP contribution in [0, 0.1) is 0 Å². The van der Waals surface area contributed by atoms with E-state index in [0.717, 1.165) is 10.4 Å². The molecule has 0 aromatic heterocycles. The predicted octanol–water partition coefficient (Wildman–Crippen LogP) is 3.43. The van der Waals surface area contributed by atoms with Crippen LogP contribution in [-0.4, -0.2) is 40.9 Å². The number of anilines is 1. The second kappa shape index (κ2) is 11.5. The second-order valence-corrected chi connectivity index (χ2v) is 12.7. The number of hydrogen-bond donors (Lipinski definition) is 3. The number of phenolic OH excluding ortho intramolecular Hbond substituents is 1. The van der Waals surface area contributed by atoms with Crippen molar-refractivity contribution in [1.82, 2.24) is 9.44 Å². The molecule has 40 heavy (non-hydrogen) atoms. The van der Waals surface area contributed by atoms with E-state index in [0.29, 0.717) is 17.5 Å². The van der Waals surface area contributed by atoms with E-state index in [-0.39, 0.29) is 36.4 Å². The molecule has 0 bridgehead atoms. The molecular weight excluding hydrogens is 571 g/mol. The Morgan fingerprint density at radius 1 is 1.02 bits per heavy atom. The van der Waals surface area contributed by atoms with Gasteiger partial charge in [0, 0.05) is 6.54 Å². The highest BCUT2D eigenvalue weighted by atomic mass is 32.2. The molecule has 0 saturated carbocycles. The fraction of sp³-hybridized carbons (Fsp3) is 0.269. The molecule has 3 aromatic carbocycles. The van der Waals surface area contributed by atoms with Gasteiger partial charge in [0.2, 0.25) is 10.0 Å². The Kier molecular flexibility index (Phi) is 8.42. The number of alkyl halides is 3. The summed E-state index contributed by atoms with van der Waals surface area (Å²) in [5.41, 5.74) is -0.182. The molecule has 1 heterocycles. The quantitative estimate of drug-likeness (QED) is 0.307. The molecule has 1 atom stereocenters. The van der Waals surface area contributed by atoms with E-state index in [1.807, 2.05) is 4.72 Å². The predicted molar refractivity (Wildman–Crippen MR) is 142 cm³/mol. The molecule has 1 saturated heterocycles. The standard InChI is InChI=1S/C26H26F3N3O6S2/c27-26(28,29)21-11-5-4-10-20(21)16-24(19-8-2-1-3-9-19)39(35,36)30-14-6-7-18-12-13-22(23(33)15-18)32-17-25(34)31-40(32,37)38/h1-5,8-13,15,24,30,33H,6-7,14,16-17H2,(H,31,34). The Morgan fingerprint density at radius 3 is 2.33 bits per heavy atom. The van der Waals surface area contributed by atoms with Crippen molar-refractivity contribution in [2.45, 2.75) is 30.7 Å². The zero-order chi connectivity index (χ0) is 29.1. The van der Waals surface area contributed by atoms with Crippen LogP contribution in [0.5, 0.6) is 5.75 Å². The summed E-state index contributed by atoms with van der Waals surface area (Å²) in [6.07, 6.45) is -4.45. The van der Waals surface area contributed by atoms with E-state index in [1.165, 1.54) is 30.3 Å². The molecule has 0 radical (unpaired) electrons. The lowest BCUT2D eigenvalue weighted by Crippen LogP contribution is -2.32. The molecule has 3 aromatic rings. The van der Waals surface area contributed by atoms with Crippen LogP contribution in [-0.2, 0) is 44.0 Å². The fourth-order valence-electron chi connectivity index (χ4n) is 4.45. The molecular formula is C26H26F3N3O6S2. The second-order valence-electron chi connectivity index (χ2n) is 9.16. The van der Waals surface area contributed by atoms with Gasteiger partial charge < -0.3 is 5.11 Å². The number of nitrogens with zero attached hydrogens (tertiary/aromatic N) is 1. The number of benzene rings is 3. The first-order chi connectivity index (χ1) is 18.8. The van der Waals surface area contributed by atoms with Crippen molar-refractivity contribution in [1.29, 1.82) is 0 Å². The molecule has 1 unspecified atom stereocenters. The Hall–Kier alpha value is -3.62. The van der Waals surface area contributed by atoms with E-state index in [2.05, 4.69) is 4.72 Å². The van der Waals surface area contributed by atoms with Crippen LogP contribution in [0.3, 0.4) is 0 Å². The van der Waals surface area contributed by atoms with Gasteiger partial charge in [0.15, 0.2) is 0 Å². The maximum Gasteiger partial charge on any atom is 0.416 e. The average molecular weight is 598 g/mol. The van der Waals surface area contributed by atoms with Crippen molar-refractivity contribution in [3.63, 3.8) is 0 Å². The third-order valence-corrected chi connectivity index (χ3v) is 9.53. The van der Waals surface area contributed by atoms with Crippen LogP contribution < -0.4 is 13.7 Å². The van der Waals surface area contributed by atoms with Gasteiger partial charge in [0.25, 0.3) is 5.91 Å². The average Bonchev–Trinajstić information content (AvgIpc) is 3.16. The first kappa shape index (κ1) is 29.4. The summed E-state index contributed by atoms with van der Waals surface area (Å²) in [5, 5.41) is 9.06.